The molecule has 0 aliphatic carbocycles. The quantitative estimate of drug-likeness (QED) is 0.797. The maximum atomic E-state index is 11.9. The maximum Gasteiger partial charge on any atom is 0.225 e. The average molecular weight is 270 g/mol. The van der Waals surface area contributed by atoms with Gasteiger partial charge in [0.25, 0.3) is 0 Å². The van der Waals surface area contributed by atoms with E-state index in [1.807, 2.05) is 30.3 Å². The number of nitrogens with zero attached hydrogens (tertiary/aromatic N) is 1. The van der Waals surface area contributed by atoms with Crippen LogP contribution in [0.3, 0.4) is 0 Å². The second-order valence-corrected chi connectivity index (χ2v) is 5.09. The van der Waals surface area contributed by atoms with Gasteiger partial charge >= 0.3 is 0 Å². The van der Waals surface area contributed by atoms with Crippen LogP contribution in [0.2, 0.25) is 0 Å². The van der Waals surface area contributed by atoms with Gasteiger partial charge in [0.15, 0.2) is 0 Å². The van der Waals surface area contributed by atoms with Gasteiger partial charge in [0.05, 0.1) is 5.69 Å². The zero-order valence-corrected chi connectivity index (χ0v) is 11.2. The van der Waals surface area contributed by atoms with Gasteiger partial charge in [-0.05, 0) is 43.1 Å². The summed E-state index contributed by atoms with van der Waals surface area (Å²) in [6.45, 7) is 1.02. The van der Waals surface area contributed by atoms with Crippen LogP contribution in [0.5, 0.6) is 0 Å². The van der Waals surface area contributed by atoms with Gasteiger partial charge in [0.1, 0.15) is 0 Å². The van der Waals surface area contributed by atoms with Crippen molar-refractivity contribution in [1.82, 2.24) is 15.5 Å². The molecule has 5 nitrogen and oxygen atoms in total. The number of rotatable bonds is 4. The summed E-state index contributed by atoms with van der Waals surface area (Å²) in [5.41, 5.74) is 2.85. The summed E-state index contributed by atoms with van der Waals surface area (Å²) in [4.78, 5) is 11.9. The Kier molecular flexibility index (Phi) is 3.78. The van der Waals surface area contributed by atoms with Gasteiger partial charge in [0.2, 0.25) is 5.91 Å². The third-order valence-corrected chi connectivity index (χ3v) is 3.57. The smallest absolute Gasteiger partial charge is 0.225 e. The number of aromatic amines is 1. The van der Waals surface area contributed by atoms with E-state index in [9.17, 15) is 4.79 Å². The summed E-state index contributed by atoms with van der Waals surface area (Å²) in [7, 11) is 0. The van der Waals surface area contributed by atoms with Gasteiger partial charge in [-0.1, -0.05) is 12.1 Å². The van der Waals surface area contributed by atoms with Gasteiger partial charge in [0, 0.05) is 24.3 Å². The van der Waals surface area contributed by atoms with Crippen molar-refractivity contribution < 1.29 is 4.79 Å². The van der Waals surface area contributed by atoms with Crippen molar-refractivity contribution in [2.45, 2.75) is 25.3 Å². The van der Waals surface area contributed by atoms with Gasteiger partial charge < -0.3 is 10.6 Å². The van der Waals surface area contributed by atoms with E-state index in [1.54, 1.807) is 6.20 Å². The van der Waals surface area contributed by atoms with E-state index in [4.69, 9.17) is 0 Å². The Morgan fingerprint density at radius 2 is 2.15 bits per heavy atom. The number of carbonyl (C=O) groups is 1. The second-order valence-electron chi connectivity index (χ2n) is 5.09. The predicted octanol–water partition coefficient (Wildman–Crippen LogP) is 2.16. The van der Waals surface area contributed by atoms with Crippen LogP contribution in [0.1, 0.15) is 19.3 Å². The molecule has 0 saturated carbocycles. The summed E-state index contributed by atoms with van der Waals surface area (Å²) in [6, 6.07) is 10.0. The molecule has 1 aliphatic rings. The van der Waals surface area contributed by atoms with Crippen LogP contribution in [0, 0.1) is 0 Å². The number of nitrogens with one attached hydrogen (secondary N) is 3. The molecule has 1 aromatic carbocycles. The summed E-state index contributed by atoms with van der Waals surface area (Å²) in [5, 5.41) is 13.1. The highest BCUT2D eigenvalue weighted by molar-refractivity contribution is 5.91. The zero-order valence-electron chi connectivity index (χ0n) is 11.2. The third kappa shape index (κ3) is 3.05. The summed E-state index contributed by atoms with van der Waals surface area (Å²) in [5.74, 6) is 0.0682. The average Bonchev–Trinajstić information content (AvgIpc) is 3.12. The molecule has 1 atom stereocenters. The first-order valence-electron chi connectivity index (χ1n) is 6.94. The Morgan fingerprint density at radius 1 is 1.30 bits per heavy atom. The largest absolute Gasteiger partial charge is 0.326 e. The predicted molar refractivity (Wildman–Crippen MR) is 78.3 cm³/mol. The lowest BCUT2D eigenvalue weighted by atomic mass is 10.1. The number of anilines is 1. The van der Waals surface area contributed by atoms with Crippen molar-refractivity contribution in [3.8, 4) is 11.3 Å². The minimum Gasteiger partial charge on any atom is -0.326 e. The van der Waals surface area contributed by atoms with E-state index >= 15 is 0 Å². The summed E-state index contributed by atoms with van der Waals surface area (Å²) in [6.07, 6.45) is 4.52. The molecule has 5 heteroatoms. The fourth-order valence-corrected chi connectivity index (χ4v) is 2.52. The van der Waals surface area contributed by atoms with Gasteiger partial charge in [-0.3, -0.25) is 9.89 Å². The van der Waals surface area contributed by atoms with E-state index in [0.717, 1.165) is 36.3 Å². The molecule has 1 amide bonds. The van der Waals surface area contributed by atoms with Gasteiger partial charge in [-0.15, -0.1) is 0 Å². The van der Waals surface area contributed by atoms with E-state index in [0.29, 0.717) is 12.5 Å². The van der Waals surface area contributed by atoms with Crippen molar-refractivity contribution in [2.24, 2.45) is 0 Å². The monoisotopic (exact) mass is 270 g/mol. The number of aromatic nitrogens is 2. The fourth-order valence-electron chi connectivity index (χ4n) is 2.52. The van der Waals surface area contributed by atoms with E-state index in [2.05, 4.69) is 20.8 Å². The van der Waals surface area contributed by atoms with Gasteiger partial charge in [-0.25, -0.2) is 0 Å². The molecule has 1 unspecified atom stereocenters. The van der Waals surface area contributed by atoms with Crippen molar-refractivity contribution >= 4 is 11.6 Å². The van der Waals surface area contributed by atoms with Crippen LogP contribution in [-0.4, -0.2) is 28.7 Å². The topological polar surface area (TPSA) is 69.8 Å². The molecule has 1 aromatic heterocycles. The van der Waals surface area contributed by atoms with Gasteiger partial charge in [-0.2, -0.15) is 5.10 Å². The number of H-pyrrole nitrogens is 1. The van der Waals surface area contributed by atoms with Crippen LogP contribution in [0.15, 0.2) is 36.5 Å². The zero-order chi connectivity index (χ0) is 13.8. The van der Waals surface area contributed by atoms with E-state index in [-0.39, 0.29) is 5.91 Å². The molecule has 0 bridgehead atoms. The van der Waals surface area contributed by atoms with Crippen LogP contribution >= 0.6 is 0 Å². The number of amides is 1. The Morgan fingerprint density at radius 3 is 2.80 bits per heavy atom. The van der Waals surface area contributed by atoms with Crippen LogP contribution in [0.4, 0.5) is 5.69 Å². The molecule has 104 valence electrons. The SMILES string of the molecule is O=C(CC1CCCN1)Nc1ccc(-c2ccn[nH]2)cc1. The fraction of sp³-hybridized carbons (Fsp3) is 0.333. The number of benzene rings is 1. The number of hydrogen-bond acceptors (Lipinski definition) is 3. The first-order chi connectivity index (χ1) is 9.81. The Hall–Kier alpha value is -2.14. The first-order valence-corrected chi connectivity index (χ1v) is 6.94. The Labute approximate surface area is 117 Å². The molecule has 2 heterocycles. The molecule has 0 spiro atoms. The normalized spacial score (nSPS) is 18.1. The van der Waals surface area contributed by atoms with Crippen molar-refractivity contribution in [3.63, 3.8) is 0 Å². The van der Waals surface area contributed by atoms with Crippen molar-refractivity contribution in [1.29, 1.82) is 0 Å². The Balaban J connectivity index is 1.59. The minimum atomic E-state index is 0.0682. The molecule has 3 rings (SSSR count). The molecule has 20 heavy (non-hydrogen) atoms. The lowest BCUT2D eigenvalue weighted by Gasteiger charge is -2.10. The Bertz CT molecular complexity index is 556. The highest BCUT2D eigenvalue weighted by Gasteiger charge is 2.17. The number of hydrogen-bond donors (Lipinski definition) is 3. The highest BCUT2D eigenvalue weighted by Crippen LogP contribution is 2.19. The minimum absolute atomic E-state index is 0.0682. The first kappa shape index (κ1) is 12.9. The maximum absolute atomic E-state index is 11.9. The van der Waals surface area contributed by atoms with Crippen molar-refractivity contribution in [3.05, 3.63) is 36.5 Å². The van der Waals surface area contributed by atoms with Crippen molar-refractivity contribution in [2.75, 3.05) is 11.9 Å². The summed E-state index contributed by atoms with van der Waals surface area (Å²) < 4.78 is 0. The third-order valence-electron chi connectivity index (χ3n) is 3.57. The van der Waals surface area contributed by atoms with Crippen LogP contribution < -0.4 is 10.6 Å². The second kappa shape index (κ2) is 5.88. The standard InChI is InChI=1S/C15H18N4O/c20-15(10-13-2-1-8-16-13)18-12-5-3-11(4-6-12)14-7-9-17-19-14/h3-7,9,13,16H,1-2,8,10H2,(H,17,19)(H,18,20). The number of carbonyl (C=O) groups excluding carboxylic acids is 1. The molecule has 0 radical (unpaired) electrons. The molecule has 1 fully saturated rings. The molecular weight excluding hydrogens is 252 g/mol. The molecule has 3 N–H and O–H groups in total. The lowest BCUT2D eigenvalue weighted by Crippen LogP contribution is -2.27. The van der Waals surface area contributed by atoms with E-state index in [1.165, 1.54) is 0 Å². The molecule has 1 saturated heterocycles. The lowest BCUT2D eigenvalue weighted by molar-refractivity contribution is -0.116. The summed E-state index contributed by atoms with van der Waals surface area (Å²) >= 11 is 0. The van der Waals surface area contributed by atoms with Crippen LogP contribution in [0.25, 0.3) is 11.3 Å². The molecule has 2 aromatic rings. The van der Waals surface area contributed by atoms with Crippen LogP contribution in [-0.2, 0) is 4.79 Å². The molecular formula is C15H18N4O. The van der Waals surface area contributed by atoms with E-state index < -0.39 is 0 Å². The highest BCUT2D eigenvalue weighted by atomic mass is 16.1. The molecule has 1 aliphatic heterocycles.